The van der Waals surface area contributed by atoms with E-state index in [1.165, 1.54) is 9.87 Å². The molecule has 6 heteroatoms. The fraction of sp³-hybridized carbons (Fsp3) is 0.600. The van der Waals surface area contributed by atoms with Crippen molar-refractivity contribution < 1.29 is 13.2 Å². The molecule has 1 aliphatic rings. The fourth-order valence-electron chi connectivity index (χ4n) is 2.51. The highest BCUT2D eigenvalue weighted by Crippen LogP contribution is 2.37. The van der Waals surface area contributed by atoms with Crippen LogP contribution in [0.3, 0.4) is 0 Å². The second-order valence-corrected chi connectivity index (χ2v) is 7.99. The van der Waals surface area contributed by atoms with Crippen molar-refractivity contribution in [3.63, 3.8) is 0 Å². The van der Waals surface area contributed by atoms with Gasteiger partial charge in [0.15, 0.2) is 0 Å². The van der Waals surface area contributed by atoms with Gasteiger partial charge in [0.25, 0.3) is 0 Å². The van der Waals surface area contributed by atoms with Crippen LogP contribution in [-0.2, 0) is 10.0 Å². The average molecular weight is 312 g/mol. The molecule has 2 rings (SSSR count). The molecule has 0 bridgehead atoms. The first-order valence-corrected chi connectivity index (χ1v) is 8.81. The van der Waals surface area contributed by atoms with Crippen LogP contribution in [0.4, 0.5) is 0 Å². The minimum Gasteiger partial charge on any atom is -0.497 e. The molecule has 118 valence electrons. The maximum absolute atomic E-state index is 11.6. The van der Waals surface area contributed by atoms with E-state index in [1.807, 2.05) is 12.1 Å². The maximum atomic E-state index is 11.6. The molecule has 21 heavy (non-hydrogen) atoms. The highest BCUT2D eigenvalue weighted by Gasteiger charge is 2.30. The van der Waals surface area contributed by atoms with Gasteiger partial charge in [-0.1, -0.05) is 12.1 Å². The molecule has 0 saturated heterocycles. The summed E-state index contributed by atoms with van der Waals surface area (Å²) in [7, 11) is 1.71. The maximum Gasteiger partial charge on any atom is 0.214 e. The Bertz CT molecular complexity index is 549. The van der Waals surface area contributed by atoms with Gasteiger partial charge >= 0.3 is 0 Å². The number of nitrogens with one attached hydrogen (secondary N) is 1. The minimum atomic E-state index is -3.09. The molecule has 1 saturated carbocycles. The van der Waals surface area contributed by atoms with E-state index in [2.05, 4.69) is 17.4 Å². The van der Waals surface area contributed by atoms with Crippen molar-refractivity contribution in [1.29, 1.82) is 0 Å². The van der Waals surface area contributed by atoms with Crippen LogP contribution in [0.2, 0.25) is 0 Å². The Hall–Kier alpha value is -1.11. The summed E-state index contributed by atoms with van der Waals surface area (Å²) in [5.41, 5.74) is 1.33. The number of sulfonamides is 1. The smallest absolute Gasteiger partial charge is 0.214 e. The van der Waals surface area contributed by atoms with Gasteiger partial charge in [-0.15, -0.1) is 0 Å². The van der Waals surface area contributed by atoms with Gasteiger partial charge in [0.05, 0.1) is 12.9 Å². The van der Waals surface area contributed by atoms with Crippen molar-refractivity contribution in [2.24, 2.45) is 0 Å². The molecule has 0 unspecified atom stereocenters. The summed E-state index contributed by atoms with van der Waals surface area (Å²) >= 11 is 0. The first-order valence-electron chi connectivity index (χ1n) is 7.20. The van der Waals surface area contributed by atoms with Gasteiger partial charge in [0.2, 0.25) is 10.0 Å². The van der Waals surface area contributed by atoms with E-state index in [9.17, 15) is 8.42 Å². The van der Waals surface area contributed by atoms with Crippen LogP contribution < -0.4 is 10.1 Å². The molecule has 0 heterocycles. The monoisotopic (exact) mass is 312 g/mol. The van der Waals surface area contributed by atoms with Crippen molar-refractivity contribution in [1.82, 2.24) is 9.62 Å². The number of hydrogen-bond donors (Lipinski definition) is 1. The second kappa shape index (κ2) is 6.77. The van der Waals surface area contributed by atoms with Gasteiger partial charge < -0.3 is 10.1 Å². The summed E-state index contributed by atoms with van der Waals surface area (Å²) in [6.07, 6.45) is 2.13. The predicted molar refractivity (Wildman–Crippen MR) is 84.2 cm³/mol. The highest BCUT2D eigenvalue weighted by molar-refractivity contribution is 7.89. The van der Waals surface area contributed by atoms with Gasteiger partial charge in [-0.3, -0.25) is 0 Å². The zero-order valence-electron chi connectivity index (χ0n) is 12.9. The van der Waals surface area contributed by atoms with Crippen LogP contribution in [0.15, 0.2) is 24.3 Å². The highest BCUT2D eigenvalue weighted by atomic mass is 32.2. The molecule has 1 aromatic rings. The zero-order valence-corrected chi connectivity index (χ0v) is 13.7. The van der Waals surface area contributed by atoms with Crippen LogP contribution in [-0.4, -0.2) is 52.3 Å². The minimum absolute atomic E-state index is 0.156. The van der Waals surface area contributed by atoms with Crippen molar-refractivity contribution >= 4 is 10.0 Å². The molecule has 1 aromatic carbocycles. The van der Waals surface area contributed by atoms with Gasteiger partial charge in [-0.05, 0) is 36.5 Å². The van der Waals surface area contributed by atoms with Gasteiger partial charge in [-0.25, -0.2) is 12.7 Å². The molecule has 0 atom stereocenters. The molecule has 0 radical (unpaired) electrons. The third kappa shape index (κ3) is 4.18. The Morgan fingerprint density at radius 2 is 1.86 bits per heavy atom. The summed E-state index contributed by atoms with van der Waals surface area (Å²) in [6, 6.07) is 8.61. The molecular weight excluding hydrogens is 288 g/mol. The largest absolute Gasteiger partial charge is 0.497 e. The quantitative estimate of drug-likeness (QED) is 0.827. The molecule has 0 aliphatic heterocycles. The third-order valence-corrected chi connectivity index (χ3v) is 5.91. The summed E-state index contributed by atoms with van der Waals surface area (Å²) < 4.78 is 29.7. The summed E-state index contributed by atoms with van der Waals surface area (Å²) in [5.74, 6) is 1.60. The molecule has 0 aromatic heterocycles. The first-order chi connectivity index (χ1) is 9.92. The lowest BCUT2D eigenvalue weighted by Crippen LogP contribution is -2.43. The Morgan fingerprint density at radius 1 is 1.24 bits per heavy atom. The van der Waals surface area contributed by atoms with E-state index in [-0.39, 0.29) is 5.75 Å². The van der Waals surface area contributed by atoms with Gasteiger partial charge in [-0.2, -0.15) is 0 Å². The van der Waals surface area contributed by atoms with E-state index in [4.69, 9.17) is 4.74 Å². The predicted octanol–water partition coefficient (Wildman–Crippen LogP) is 1.42. The van der Waals surface area contributed by atoms with Crippen LogP contribution in [0.1, 0.15) is 24.3 Å². The topological polar surface area (TPSA) is 58.6 Å². The fourth-order valence-corrected chi connectivity index (χ4v) is 3.25. The van der Waals surface area contributed by atoms with Crippen LogP contribution in [0.25, 0.3) is 0 Å². The molecule has 1 aliphatic carbocycles. The Balaban J connectivity index is 1.72. The summed E-state index contributed by atoms with van der Waals surface area (Å²) in [6.45, 7) is 0.514. The Morgan fingerprint density at radius 3 is 2.38 bits per heavy atom. The van der Waals surface area contributed by atoms with Gasteiger partial charge in [0.1, 0.15) is 5.75 Å². The molecule has 0 amide bonds. The number of benzene rings is 1. The Kier molecular flexibility index (Phi) is 5.24. The summed E-state index contributed by atoms with van der Waals surface area (Å²) in [4.78, 5) is 0. The van der Waals surface area contributed by atoms with Crippen molar-refractivity contribution in [3.05, 3.63) is 29.8 Å². The Labute approximate surface area is 127 Å². The number of hydrogen-bond acceptors (Lipinski definition) is 4. The van der Waals surface area contributed by atoms with E-state index < -0.39 is 10.0 Å². The molecule has 0 spiro atoms. The number of nitrogens with zero attached hydrogens (tertiary/aromatic N) is 1. The summed E-state index contributed by atoms with van der Waals surface area (Å²) in [5, 5.41) is 3.32. The average Bonchev–Trinajstić information content (AvgIpc) is 2.41. The molecular formula is C15H24N2O3S. The van der Waals surface area contributed by atoms with Crippen molar-refractivity contribution in [3.8, 4) is 5.75 Å². The van der Waals surface area contributed by atoms with Crippen LogP contribution in [0.5, 0.6) is 5.75 Å². The second-order valence-electron chi connectivity index (χ2n) is 5.69. The zero-order chi connectivity index (χ0) is 15.5. The first kappa shape index (κ1) is 16.3. The number of ether oxygens (including phenoxy) is 1. The van der Waals surface area contributed by atoms with Crippen molar-refractivity contribution in [2.45, 2.75) is 24.8 Å². The van der Waals surface area contributed by atoms with Crippen molar-refractivity contribution in [2.75, 3.05) is 33.5 Å². The third-order valence-electron chi connectivity index (χ3n) is 4.07. The lowest BCUT2D eigenvalue weighted by atomic mass is 9.76. The van der Waals surface area contributed by atoms with Crippen LogP contribution >= 0.6 is 0 Å². The lowest BCUT2D eigenvalue weighted by molar-refractivity contribution is 0.295. The van der Waals surface area contributed by atoms with E-state index >= 15 is 0 Å². The van der Waals surface area contributed by atoms with Crippen LogP contribution in [0, 0.1) is 0 Å². The standard InChI is InChI=1S/C15H24N2O3S/c1-17(2)21(18,19)9-8-16-14-10-13(11-14)12-4-6-15(20-3)7-5-12/h4-7,13-14,16H,8-11H2,1-3H3. The molecule has 1 N–H and O–H groups in total. The normalized spacial score (nSPS) is 22.1. The number of rotatable bonds is 7. The molecule has 5 nitrogen and oxygen atoms in total. The van der Waals surface area contributed by atoms with E-state index in [0.717, 1.165) is 18.6 Å². The van der Waals surface area contributed by atoms with E-state index in [0.29, 0.717) is 18.5 Å². The number of methoxy groups -OCH3 is 1. The van der Waals surface area contributed by atoms with Gasteiger partial charge in [0, 0.05) is 26.7 Å². The van der Waals surface area contributed by atoms with E-state index in [1.54, 1.807) is 21.2 Å². The lowest BCUT2D eigenvalue weighted by Gasteiger charge is -2.36. The SMILES string of the molecule is COc1ccc(C2CC(NCCS(=O)(=O)N(C)C)C2)cc1. The molecule has 1 fully saturated rings.